The summed E-state index contributed by atoms with van der Waals surface area (Å²) in [4.78, 5) is 0. The van der Waals surface area contributed by atoms with E-state index in [1.807, 2.05) is 19.1 Å². The fourth-order valence-electron chi connectivity index (χ4n) is 0.976. The van der Waals surface area contributed by atoms with Gasteiger partial charge in [-0.2, -0.15) is 5.10 Å². The third-order valence-corrected chi connectivity index (χ3v) is 1.50. The minimum absolute atomic E-state index is 0.986. The molecule has 1 aromatic carbocycles. The van der Waals surface area contributed by atoms with E-state index in [4.69, 9.17) is 0 Å². The molecule has 0 atom stereocenters. The predicted octanol–water partition coefficient (Wildman–Crippen LogP) is 1.67. The van der Waals surface area contributed by atoms with E-state index in [-0.39, 0.29) is 0 Å². The number of hydrogen-bond acceptors (Lipinski definition) is 1. The molecule has 0 aliphatic carbocycles. The zero-order valence-electron chi connectivity index (χ0n) is 5.68. The highest BCUT2D eigenvalue weighted by atomic mass is 15.1. The van der Waals surface area contributed by atoms with Gasteiger partial charge in [-0.05, 0) is 12.5 Å². The average molecular weight is 131 g/mol. The molecule has 0 saturated heterocycles. The number of aromatic amines is 1. The van der Waals surface area contributed by atoms with Crippen molar-refractivity contribution in [3.05, 3.63) is 30.0 Å². The Kier molecular flexibility index (Phi) is 1.01. The van der Waals surface area contributed by atoms with Crippen LogP contribution in [0.15, 0.2) is 18.3 Å². The zero-order chi connectivity index (χ0) is 6.97. The molecule has 1 aromatic heterocycles. The van der Waals surface area contributed by atoms with E-state index >= 15 is 0 Å². The molecule has 2 nitrogen and oxygen atoms in total. The molecule has 1 heterocycles. The first-order valence-electron chi connectivity index (χ1n) is 3.18. The zero-order valence-corrected chi connectivity index (χ0v) is 5.68. The number of nitrogens with zero attached hydrogens (tertiary/aromatic N) is 1. The van der Waals surface area contributed by atoms with Gasteiger partial charge in [0.25, 0.3) is 0 Å². The Hall–Kier alpha value is -1.31. The SMILES string of the molecule is Cc1[c]c2[nH]ncc2cc1. The van der Waals surface area contributed by atoms with Crippen LogP contribution in [0.4, 0.5) is 0 Å². The minimum Gasteiger partial charge on any atom is -0.277 e. The van der Waals surface area contributed by atoms with Crippen LogP contribution in [0.2, 0.25) is 0 Å². The van der Waals surface area contributed by atoms with Crippen LogP contribution in [0, 0.1) is 13.0 Å². The number of aromatic nitrogens is 2. The molecule has 0 amide bonds. The van der Waals surface area contributed by atoms with Gasteiger partial charge in [-0.3, -0.25) is 5.10 Å². The van der Waals surface area contributed by atoms with Crippen LogP contribution in [0.25, 0.3) is 10.9 Å². The van der Waals surface area contributed by atoms with Crippen molar-refractivity contribution in [2.45, 2.75) is 6.92 Å². The van der Waals surface area contributed by atoms with Crippen LogP contribution in [0.1, 0.15) is 5.56 Å². The summed E-state index contributed by atoms with van der Waals surface area (Å²) in [6.45, 7) is 2.01. The Morgan fingerprint density at radius 2 is 2.40 bits per heavy atom. The number of nitrogens with one attached hydrogen (secondary N) is 1. The van der Waals surface area contributed by atoms with E-state index in [9.17, 15) is 0 Å². The highest BCUT2D eigenvalue weighted by Crippen LogP contribution is 2.10. The highest BCUT2D eigenvalue weighted by molar-refractivity contribution is 5.77. The van der Waals surface area contributed by atoms with E-state index in [1.54, 1.807) is 6.20 Å². The number of H-pyrrole nitrogens is 1. The van der Waals surface area contributed by atoms with Gasteiger partial charge in [0.05, 0.1) is 11.7 Å². The molecule has 0 saturated carbocycles. The van der Waals surface area contributed by atoms with Crippen molar-refractivity contribution < 1.29 is 0 Å². The molecular weight excluding hydrogens is 124 g/mol. The summed E-state index contributed by atoms with van der Waals surface area (Å²) in [6.07, 6.45) is 1.80. The maximum absolute atomic E-state index is 3.89. The van der Waals surface area contributed by atoms with Gasteiger partial charge in [0.2, 0.25) is 0 Å². The second-order valence-corrected chi connectivity index (χ2v) is 2.34. The van der Waals surface area contributed by atoms with Crippen LogP contribution in [0.3, 0.4) is 0 Å². The maximum Gasteiger partial charge on any atom is 0.0732 e. The molecule has 0 aliphatic rings. The second kappa shape index (κ2) is 1.84. The standard InChI is InChI=1S/C8H7N2/c1-6-2-3-7-5-9-10-8(7)4-6/h2-3,5H,1H3,(H,9,10). The van der Waals surface area contributed by atoms with E-state index in [1.165, 1.54) is 0 Å². The van der Waals surface area contributed by atoms with Gasteiger partial charge >= 0.3 is 0 Å². The van der Waals surface area contributed by atoms with Crippen LogP contribution in [0.5, 0.6) is 0 Å². The lowest BCUT2D eigenvalue weighted by Gasteiger charge is -1.88. The summed E-state index contributed by atoms with van der Waals surface area (Å²) < 4.78 is 0. The third-order valence-electron chi connectivity index (χ3n) is 1.50. The lowest BCUT2D eigenvalue weighted by Crippen LogP contribution is -1.72. The van der Waals surface area contributed by atoms with Gasteiger partial charge < -0.3 is 0 Å². The summed E-state index contributed by atoms with van der Waals surface area (Å²) >= 11 is 0. The van der Waals surface area contributed by atoms with Crippen LogP contribution < -0.4 is 0 Å². The Morgan fingerprint density at radius 1 is 1.50 bits per heavy atom. The molecule has 0 aliphatic heterocycles. The van der Waals surface area contributed by atoms with Crippen LogP contribution >= 0.6 is 0 Å². The molecule has 49 valence electrons. The number of benzene rings is 1. The Labute approximate surface area is 58.9 Å². The lowest BCUT2D eigenvalue weighted by molar-refractivity contribution is 1.12. The van der Waals surface area contributed by atoms with Crippen LogP contribution in [-0.4, -0.2) is 10.2 Å². The second-order valence-electron chi connectivity index (χ2n) is 2.34. The van der Waals surface area contributed by atoms with Crippen molar-refractivity contribution in [1.29, 1.82) is 0 Å². The first kappa shape index (κ1) is 5.47. The number of hydrogen-bond donors (Lipinski definition) is 1. The van der Waals surface area contributed by atoms with Gasteiger partial charge in [0.1, 0.15) is 0 Å². The van der Waals surface area contributed by atoms with Crippen molar-refractivity contribution in [2.75, 3.05) is 0 Å². The van der Waals surface area contributed by atoms with Gasteiger partial charge in [0.15, 0.2) is 0 Å². The van der Waals surface area contributed by atoms with E-state index in [2.05, 4.69) is 16.3 Å². The first-order valence-corrected chi connectivity index (χ1v) is 3.18. The quantitative estimate of drug-likeness (QED) is 0.578. The summed E-state index contributed by atoms with van der Waals surface area (Å²) in [5.74, 6) is 0. The molecule has 0 bridgehead atoms. The fourth-order valence-corrected chi connectivity index (χ4v) is 0.976. The predicted molar refractivity (Wildman–Crippen MR) is 39.7 cm³/mol. The average Bonchev–Trinajstić information content (AvgIpc) is 2.33. The fraction of sp³-hybridized carbons (Fsp3) is 0.125. The molecule has 1 N–H and O–H groups in total. The maximum atomic E-state index is 3.89. The Bertz CT molecular complexity index is 349. The molecule has 1 radical (unpaired) electrons. The number of fused-ring (bicyclic) bond motifs is 1. The first-order chi connectivity index (χ1) is 4.86. The molecule has 2 aromatic rings. The normalized spacial score (nSPS) is 10.5. The van der Waals surface area contributed by atoms with Crippen molar-refractivity contribution in [3.63, 3.8) is 0 Å². The summed E-state index contributed by atoms with van der Waals surface area (Å²) in [5, 5.41) is 7.86. The molecule has 2 rings (SSSR count). The van der Waals surface area contributed by atoms with Crippen molar-refractivity contribution in [1.82, 2.24) is 10.2 Å². The molecular formula is C8H7N2. The van der Waals surface area contributed by atoms with E-state index in [0.717, 1.165) is 16.5 Å². The Morgan fingerprint density at radius 3 is 3.30 bits per heavy atom. The highest BCUT2D eigenvalue weighted by Gasteiger charge is 1.92. The minimum atomic E-state index is 0.986. The Balaban J connectivity index is 2.86. The summed E-state index contributed by atoms with van der Waals surface area (Å²) in [6, 6.07) is 7.21. The molecule has 0 spiro atoms. The van der Waals surface area contributed by atoms with Gasteiger partial charge in [-0.15, -0.1) is 0 Å². The van der Waals surface area contributed by atoms with E-state index < -0.39 is 0 Å². The molecule has 10 heavy (non-hydrogen) atoms. The molecule has 2 heteroatoms. The smallest absolute Gasteiger partial charge is 0.0732 e. The van der Waals surface area contributed by atoms with Crippen molar-refractivity contribution in [3.8, 4) is 0 Å². The van der Waals surface area contributed by atoms with Crippen molar-refractivity contribution >= 4 is 10.9 Å². The molecule has 0 unspecified atom stereocenters. The number of rotatable bonds is 0. The van der Waals surface area contributed by atoms with Crippen molar-refractivity contribution in [2.24, 2.45) is 0 Å². The largest absolute Gasteiger partial charge is 0.277 e. The summed E-state index contributed by atoms with van der Waals surface area (Å²) in [7, 11) is 0. The van der Waals surface area contributed by atoms with Gasteiger partial charge in [-0.25, -0.2) is 0 Å². The van der Waals surface area contributed by atoms with Gasteiger partial charge in [0, 0.05) is 11.5 Å². The number of aryl methyl sites for hydroxylation is 1. The monoisotopic (exact) mass is 131 g/mol. The molecule has 0 fully saturated rings. The van der Waals surface area contributed by atoms with E-state index in [0.29, 0.717) is 0 Å². The van der Waals surface area contributed by atoms with Crippen LogP contribution in [-0.2, 0) is 0 Å². The lowest BCUT2D eigenvalue weighted by atomic mass is 10.2. The van der Waals surface area contributed by atoms with Gasteiger partial charge in [-0.1, -0.05) is 12.1 Å². The third kappa shape index (κ3) is 0.692. The topological polar surface area (TPSA) is 28.7 Å². The summed E-state index contributed by atoms with van der Waals surface area (Å²) in [5.41, 5.74) is 2.12.